The Bertz CT molecular complexity index is 1250. The van der Waals surface area contributed by atoms with E-state index >= 15 is 0 Å². The molecule has 2 amide bonds. The molecule has 8 nitrogen and oxygen atoms in total. The first-order chi connectivity index (χ1) is 17.5. The molecule has 2 aliphatic rings. The fourth-order valence-electron chi connectivity index (χ4n) is 4.88. The molecular formula is C28H28N2O6. The van der Waals surface area contributed by atoms with Gasteiger partial charge in [0, 0.05) is 17.7 Å². The third-order valence-electron chi connectivity index (χ3n) is 6.65. The molecule has 1 atom stereocenters. The first kappa shape index (κ1) is 23.7. The van der Waals surface area contributed by atoms with Crippen LogP contribution in [0.2, 0.25) is 0 Å². The van der Waals surface area contributed by atoms with Crippen molar-refractivity contribution in [3.63, 3.8) is 0 Å². The smallest absolute Gasteiger partial charge is 0.294 e. The number of anilines is 1. The molecule has 1 saturated carbocycles. The number of ketones is 1. The maximum Gasteiger partial charge on any atom is 0.294 e. The molecule has 0 spiro atoms. The summed E-state index contributed by atoms with van der Waals surface area (Å²) in [6.45, 7) is 1.42. The number of furan rings is 1. The highest BCUT2D eigenvalue weighted by Crippen LogP contribution is 2.42. The van der Waals surface area contributed by atoms with E-state index in [1.165, 1.54) is 24.2 Å². The van der Waals surface area contributed by atoms with Gasteiger partial charge in [-0.1, -0.05) is 49.6 Å². The Hall–Kier alpha value is -4.07. The Morgan fingerprint density at radius 2 is 1.67 bits per heavy atom. The Morgan fingerprint density at radius 1 is 0.944 bits per heavy atom. The van der Waals surface area contributed by atoms with Crippen LogP contribution < -0.4 is 19.7 Å². The molecule has 0 radical (unpaired) electrons. The fraction of sp³-hybridized carbons (Fsp3) is 0.321. The van der Waals surface area contributed by atoms with Crippen LogP contribution in [0.25, 0.3) is 0 Å². The first-order valence-electron chi connectivity index (χ1n) is 12.2. The van der Waals surface area contributed by atoms with E-state index in [0.29, 0.717) is 17.1 Å². The third kappa shape index (κ3) is 4.71. The number of rotatable bonds is 7. The molecule has 1 aliphatic heterocycles. The molecule has 1 unspecified atom stereocenters. The summed E-state index contributed by atoms with van der Waals surface area (Å²) in [5.74, 6) is -0.285. The largest absolute Gasteiger partial charge is 0.459 e. The summed E-state index contributed by atoms with van der Waals surface area (Å²) >= 11 is 0. The summed E-state index contributed by atoms with van der Waals surface area (Å²) in [7, 11) is 0. The molecule has 1 N–H and O–H groups in total. The molecule has 5 rings (SSSR count). The van der Waals surface area contributed by atoms with Crippen LogP contribution in [0.5, 0.6) is 11.5 Å². The third-order valence-corrected chi connectivity index (χ3v) is 6.65. The van der Waals surface area contributed by atoms with Gasteiger partial charge in [-0.3, -0.25) is 19.3 Å². The van der Waals surface area contributed by atoms with E-state index in [4.69, 9.17) is 13.9 Å². The van der Waals surface area contributed by atoms with Crippen molar-refractivity contribution < 1.29 is 28.3 Å². The van der Waals surface area contributed by atoms with Gasteiger partial charge >= 0.3 is 0 Å². The van der Waals surface area contributed by atoms with E-state index < -0.39 is 11.9 Å². The molecule has 0 bridgehead atoms. The Labute approximate surface area is 209 Å². The highest BCUT2D eigenvalue weighted by atomic mass is 16.7. The number of fused-ring (bicyclic) bond motifs is 1. The average molecular weight is 489 g/mol. The van der Waals surface area contributed by atoms with E-state index in [1.54, 1.807) is 30.3 Å². The molecule has 3 aromatic rings. The number of amides is 2. The monoisotopic (exact) mass is 488 g/mol. The zero-order valence-electron chi connectivity index (χ0n) is 20.1. The molecule has 1 aromatic heterocycles. The standard InChI is InChI=1S/C28H28N2O6/c1-18(31)21-15-24-25(36-17-35-24)16-22(21)30(28(33)23-13-8-14-34-23)26(19-9-4-2-5-10-19)27(32)29-20-11-6-3-7-12-20/h2,4-5,8-10,13-16,20,26H,3,6-7,11-12,17H2,1H3,(H,29,32). The Balaban J connectivity index is 1.66. The van der Waals surface area contributed by atoms with Crippen molar-refractivity contribution in [2.24, 2.45) is 0 Å². The lowest BCUT2D eigenvalue weighted by Crippen LogP contribution is -2.47. The highest BCUT2D eigenvalue weighted by molar-refractivity contribution is 6.13. The summed E-state index contributed by atoms with van der Waals surface area (Å²) in [4.78, 5) is 42.0. The van der Waals surface area contributed by atoms with E-state index in [-0.39, 0.29) is 41.5 Å². The van der Waals surface area contributed by atoms with Gasteiger partial charge in [0.25, 0.3) is 5.91 Å². The minimum absolute atomic E-state index is 0.00649. The van der Waals surface area contributed by atoms with Crippen LogP contribution >= 0.6 is 0 Å². The minimum atomic E-state index is -1.05. The summed E-state index contributed by atoms with van der Waals surface area (Å²) in [5.41, 5.74) is 1.10. The quantitative estimate of drug-likeness (QED) is 0.468. The molecular weight excluding hydrogens is 460 g/mol. The molecule has 1 aliphatic carbocycles. The number of Topliss-reactive ketones (excluding diaryl/α,β-unsaturated/α-hetero) is 1. The number of nitrogens with zero attached hydrogens (tertiary/aromatic N) is 1. The van der Waals surface area contributed by atoms with Gasteiger partial charge in [0.2, 0.25) is 12.7 Å². The van der Waals surface area contributed by atoms with Gasteiger partial charge in [-0.2, -0.15) is 0 Å². The van der Waals surface area contributed by atoms with Gasteiger partial charge in [-0.25, -0.2) is 0 Å². The second kappa shape index (κ2) is 10.3. The summed E-state index contributed by atoms with van der Waals surface area (Å²) in [6.07, 6.45) is 6.43. The van der Waals surface area contributed by atoms with Gasteiger partial charge in [-0.05, 0) is 43.5 Å². The lowest BCUT2D eigenvalue weighted by atomic mass is 9.94. The highest BCUT2D eigenvalue weighted by Gasteiger charge is 2.38. The topological polar surface area (TPSA) is 98.1 Å². The average Bonchev–Trinajstić information content (AvgIpc) is 3.59. The van der Waals surface area contributed by atoms with Crippen LogP contribution in [0, 0.1) is 0 Å². The summed E-state index contributed by atoms with van der Waals surface area (Å²) in [6, 6.07) is 14.4. The SMILES string of the molecule is CC(=O)c1cc2c(cc1N(C(=O)c1ccco1)C(C(=O)NC1CCCCC1)c1ccccc1)OCO2. The number of hydrogen-bond acceptors (Lipinski definition) is 6. The maximum atomic E-state index is 14.0. The Kier molecular flexibility index (Phi) is 6.75. The van der Waals surface area contributed by atoms with Crippen LogP contribution in [-0.2, 0) is 4.79 Å². The van der Waals surface area contributed by atoms with Crippen molar-refractivity contribution in [3.8, 4) is 11.5 Å². The van der Waals surface area contributed by atoms with Crippen LogP contribution in [0.3, 0.4) is 0 Å². The molecule has 1 fully saturated rings. The number of nitrogens with one attached hydrogen (secondary N) is 1. The predicted octanol–water partition coefficient (Wildman–Crippen LogP) is 5.05. The second-order valence-electron chi connectivity index (χ2n) is 9.09. The van der Waals surface area contributed by atoms with Crippen molar-refractivity contribution >= 4 is 23.3 Å². The number of carbonyl (C=O) groups is 3. The summed E-state index contributed by atoms with van der Waals surface area (Å²) < 4.78 is 16.5. The Morgan fingerprint density at radius 3 is 2.33 bits per heavy atom. The number of ether oxygens (including phenoxy) is 2. The maximum absolute atomic E-state index is 14.0. The molecule has 186 valence electrons. The summed E-state index contributed by atoms with van der Waals surface area (Å²) in [5, 5.41) is 3.16. The van der Waals surface area contributed by atoms with Crippen LogP contribution in [-0.4, -0.2) is 30.4 Å². The zero-order valence-corrected chi connectivity index (χ0v) is 20.1. The molecule has 36 heavy (non-hydrogen) atoms. The lowest BCUT2D eigenvalue weighted by Gasteiger charge is -2.34. The molecule has 8 heteroatoms. The zero-order chi connectivity index (χ0) is 25.1. The van der Waals surface area contributed by atoms with Gasteiger partial charge in [0.1, 0.15) is 6.04 Å². The van der Waals surface area contributed by atoms with Gasteiger partial charge in [0.05, 0.1) is 12.0 Å². The van der Waals surface area contributed by atoms with E-state index in [1.807, 2.05) is 18.2 Å². The van der Waals surface area contributed by atoms with Crippen molar-refractivity contribution in [1.82, 2.24) is 5.32 Å². The van der Waals surface area contributed by atoms with Gasteiger partial charge in [0.15, 0.2) is 23.0 Å². The van der Waals surface area contributed by atoms with Crippen molar-refractivity contribution in [3.05, 3.63) is 77.7 Å². The molecule has 2 heterocycles. The predicted molar refractivity (Wildman–Crippen MR) is 132 cm³/mol. The van der Waals surface area contributed by atoms with Gasteiger partial charge in [-0.15, -0.1) is 0 Å². The number of carbonyl (C=O) groups excluding carboxylic acids is 3. The second-order valence-corrected chi connectivity index (χ2v) is 9.09. The van der Waals surface area contributed by atoms with E-state index in [2.05, 4.69) is 5.32 Å². The van der Waals surface area contributed by atoms with Crippen molar-refractivity contribution in [1.29, 1.82) is 0 Å². The number of benzene rings is 2. The van der Waals surface area contributed by atoms with Crippen molar-refractivity contribution in [2.45, 2.75) is 51.1 Å². The fourth-order valence-corrected chi connectivity index (χ4v) is 4.88. The first-order valence-corrected chi connectivity index (χ1v) is 12.2. The van der Waals surface area contributed by atoms with Crippen LogP contribution in [0.4, 0.5) is 5.69 Å². The lowest BCUT2D eigenvalue weighted by molar-refractivity contribution is -0.123. The minimum Gasteiger partial charge on any atom is -0.459 e. The number of hydrogen-bond donors (Lipinski definition) is 1. The van der Waals surface area contributed by atoms with Gasteiger partial charge < -0.3 is 19.2 Å². The van der Waals surface area contributed by atoms with E-state index in [9.17, 15) is 14.4 Å². The van der Waals surface area contributed by atoms with Crippen LogP contribution in [0.1, 0.15) is 71.5 Å². The normalized spacial score (nSPS) is 15.8. The van der Waals surface area contributed by atoms with Crippen LogP contribution in [0.15, 0.2) is 65.3 Å². The molecule has 2 aromatic carbocycles. The van der Waals surface area contributed by atoms with E-state index in [0.717, 1.165) is 32.1 Å². The molecule has 0 saturated heterocycles. The van der Waals surface area contributed by atoms with Crippen molar-refractivity contribution in [2.75, 3.05) is 11.7 Å².